The van der Waals surface area contributed by atoms with Crippen LogP contribution in [0.1, 0.15) is 39.0 Å². The Labute approximate surface area is 144 Å². The Bertz CT molecular complexity index is 411. The van der Waals surface area contributed by atoms with E-state index in [-0.39, 0.29) is 17.7 Å². The van der Waals surface area contributed by atoms with Gasteiger partial charge in [0.15, 0.2) is 0 Å². The number of thioether (sulfide) groups is 1. The van der Waals surface area contributed by atoms with Crippen molar-refractivity contribution in [1.82, 2.24) is 9.80 Å². The molecule has 0 bridgehead atoms. The summed E-state index contributed by atoms with van der Waals surface area (Å²) in [5.41, 5.74) is 5.52. The van der Waals surface area contributed by atoms with Gasteiger partial charge < -0.3 is 15.5 Å². The number of nitrogens with two attached hydrogens (primary N) is 1. The van der Waals surface area contributed by atoms with Crippen molar-refractivity contribution in [1.29, 1.82) is 0 Å². The number of rotatable bonds is 6. The summed E-state index contributed by atoms with van der Waals surface area (Å²) in [5.74, 6) is 0.773. The van der Waals surface area contributed by atoms with Gasteiger partial charge in [-0.3, -0.25) is 9.59 Å². The fraction of sp³-hybridized carbons (Fsp3) is 0.882. The molecule has 1 heterocycles. The molecule has 1 aliphatic heterocycles. The number of carbonyl (C=O) groups is 2. The zero-order valence-corrected chi connectivity index (χ0v) is 15.3. The smallest absolute Gasteiger partial charge is 0.225 e. The summed E-state index contributed by atoms with van der Waals surface area (Å²) >= 11 is 1.88. The van der Waals surface area contributed by atoms with Gasteiger partial charge in [0.05, 0.1) is 0 Å². The van der Waals surface area contributed by atoms with Crippen molar-refractivity contribution >= 4 is 23.6 Å². The van der Waals surface area contributed by atoms with E-state index in [0.29, 0.717) is 43.9 Å². The Morgan fingerprint density at radius 1 is 1.17 bits per heavy atom. The molecule has 2 rings (SSSR count). The summed E-state index contributed by atoms with van der Waals surface area (Å²) in [6.07, 6.45) is 7.09. The Morgan fingerprint density at radius 3 is 2.39 bits per heavy atom. The highest BCUT2D eigenvalue weighted by Crippen LogP contribution is 2.34. The molecule has 23 heavy (non-hydrogen) atoms. The van der Waals surface area contributed by atoms with Crippen molar-refractivity contribution in [3.63, 3.8) is 0 Å². The van der Waals surface area contributed by atoms with Crippen molar-refractivity contribution in [2.24, 2.45) is 17.6 Å². The normalized spacial score (nSPS) is 26.4. The predicted molar refractivity (Wildman–Crippen MR) is 95.3 cm³/mol. The third-order valence-electron chi connectivity index (χ3n) is 5.23. The number of amides is 2. The van der Waals surface area contributed by atoms with E-state index in [1.54, 1.807) is 0 Å². The molecule has 2 amide bonds. The zero-order chi connectivity index (χ0) is 16.8. The van der Waals surface area contributed by atoms with E-state index in [0.717, 1.165) is 32.1 Å². The van der Waals surface area contributed by atoms with Gasteiger partial charge in [-0.25, -0.2) is 0 Å². The highest BCUT2D eigenvalue weighted by molar-refractivity contribution is 7.99. The third-order valence-corrected chi connectivity index (χ3v) is 6.33. The van der Waals surface area contributed by atoms with Gasteiger partial charge >= 0.3 is 0 Å². The average molecular weight is 342 g/mol. The Kier molecular flexibility index (Phi) is 7.21. The topological polar surface area (TPSA) is 66.6 Å². The minimum absolute atomic E-state index is 0.0398. The van der Waals surface area contributed by atoms with Gasteiger partial charge in [-0.15, -0.1) is 0 Å². The summed E-state index contributed by atoms with van der Waals surface area (Å²) in [6.45, 7) is 5.35. The van der Waals surface area contributed by atoms with E-state index in [2.05, 4.69) is 6.26 Å². The molecule has 1 saturated heterocycles. The first-order valence-electron chi connectivity index (χ1n) is 8.87. The second-order valence-corrected chi connectivity index (χ2v) is 7.99. The molecule has 3 unspecified atom stereocenters. The number of hydrogen-bond acceptors (Lipinski definition) is 4. The first kappa shape index (κ1) is 18.6. The van der Waals surface area contributed by atoms with E-state index in [9.17, 15) is 9.59 Å². The largest absolute Gasteiger partial charge is 0.339 e. The Balaban J connectivity index is 1.77. The van der Waals surface area contributed by atoms with E-state index < -0.39 is 0 Å². The molecule has 132 valence electrons. The highest BCUT2D eigenvalue weighted by Gasteiger charge is 2.34. The molecule has 0 aromatic heterocycles. The van der Waals surface area contributed by atoms with Crippen LogP contribution in [0, 0.1) is 11.8 Å². The van der Waals surface area contributed by atoms with Gasteiger partial charge in [0.1, 0.15) is 0 Å². The van der Waals surface area contributed by atoms with Gasteiger partial charge in [0.2, 0.25) is 11.8 Å². The second kappa shape index (κ2) is 8.92. The van der Waals surface area contributed by atoms with Crippen molar-refractivity contribution in [2.45, 2.75) is 44.3 Å². The quantitative estimate of drug-likeness (QED) is 0.796. The molecular weight excluding hydrogens is 310 g/mol. The van der Waals surface area contributed by atoms with E-state index in [4.69, 9.17) is 5.73 Å². The molecule has 1 saturated carbocycles. The molecule has 0 aromatic rings. The molecule has 1 aliphatic carbocycles. The summed E-state index contributed by atoms with van der Waals surface area (Å²) < 4.78 is 0. The Hall–Kier alpha value is -0.750. The van der Waals surface area contributed by atoms with Crippen LogP contribution in [-0.2, 0) is 9.59 Å². The minimum atomic E-state index is 0.0398. The molecule has 0 radical (unpaired) electrons. The minimum Gasteiger partial charge on any atom is -0.339 e. The van der Waals surface area contributed by atoms with E-state index in [1.165, 1.54) is 0 Å². The van der Waals surface area contributed by atoms with Gasteiger partial charge in [-0.05, 0) is 44.9 Å². The SMILES string of the molecule is CSC1CCC(C(=O)N2CCN(C(=O)C(C)CCCN)CC2)C1. The number of hydrogen-bond donors (Lipinski definition) is 1. The van der Waals surface area contributed by atoms with Gasteiger partial charge in [0, 0.05) is 43.3 Å². The summed E-state index contributed by atoms with van der Waals surface area (Å²) in [6, 6.07) is 0. The molecule has 2 N–H and O–H groups in total. The number of nitrogens with zero attached hydrogens (tertiary/aromatic N) is 2. The van der Waals surface area contributed by atoms with Gasteiger partial charge in [-0.1, -0.05) is 6.92 Å². The lowest BCUT2D eigenvalue weighted by molar-refractivity contribution is -0.143. The molecule has 0 aromatic carbocycles. The van der Waals surface area contributed by atoms with Crippen LogP contribution in [0.25, 0.3) is 0 Å². The molecule has 2 fully saturated rings. The summed E-state index contributed by atoms with van der Waals surface area (Å²) in [5, 5.41) is 0.648. The highest BCUT2D eigenvalue weighted by atomic mass is 32.2. The zero-order valence-electron chi connectivity index (χ0n) is 14.5. The fourth-order valence-corrected chi connectivity index (χ4v) is 4.44. The van der Waals surface area contributed by atoms with Crippen LogP contribution in [0.5, 0.6) is 0 Å². The van der Waals surface area contributed by atoms with Gasteiger partial charge in [-0.2, -0.15) is 11.8 Å². The van der Waals surface area contributed by atoms with Crippen LogP contribution in [0.2, 0.25) is 0 Å². The lowest BCUT2D eigenvalue weighted by Gasteiger charge is -2.37. The van der Waals surface area contributed by atoms with Crippen LogP contribution in [0.15, 0.2) is 0 Å². The first-order chi connectivity index (χ1) is 11.1. The lowest BCUT2D eigenvalue weighted by atomic mass is 10.0. The number of piperazine rings is 1. The van der Waals surface area contributed by atoms with Crippen molar-refractivity contribution in [2.75, 3.05) is 39.0 Å². The summed E-state index contributed by atoms with van der Waals surface area (Å²) in [7, 11) is 0. The van der Waals surface area contributed by atoms with Crippen LogP contribution in [0.3, 0.4) is 0 Å². The molecular formula is C17H31N3O2S. The van der Waals surface area contributed by atoms with Crippen LogP contribution in [-0.4, -0.2) is 65.8 Å². The van der Waals surface area contributed by atoms with Gasteiger partial charge in [0.25, 0.3) is 0 Å². The summed E-state index contributed by atoms with van der Waals surface area (Å²) in [4.78, 5) is 28.9. The van der Waals surface area contributed by atoms with E-state index in [1.807, 2.05) is 28.5 Å². The maximum atomic E-state index is 12.6. The van der Waals surface area contributed by atoms with Crippen molar-refractivity contribution < 1.29 is 9.59 Å². The van der Waals surface area contributed by atoms with E-state index >= 15 is 0 Å². The lowest BCUT2D eigenvalue weighted by Crippen LogP contribution is -2.52. The van der Waals surface area contributed by atoms with Crippen LogP contribution in [0.4, 0.5) is 0 Å². The fourth-order valence-electron chi connectivity index (χ4n) is 3.64. The van der Waals surface area contributed by atoms with Crippen LogP contribution < -0.4 is 5.73 Å². The van der Waals surface area contributed by atoms with Crippen molar-refractivity contribution in [3.8, 4) is 0 Å². The average Bonchev–Trinajstić information content (AvgIpc) is 3.07. The third kappa shape index (κ3) is 4.86. The maximum Gasteiger partial charge on any atom is 0.225 e. The Morgan fingerprint density at radius 2 is 1.83 bits per heavy atom. The second-order valence-electron chi connectivity index (χ2n) is 6.85. The first-order valence-corrected chi connectivity index (χ1v) is 10.2. The molecule has 0 spiro atoms. The maximum absolute atomic E-state index is 12.6. The predicted octanol–water partition coefficient (Wildman–Crippen LogP) is 1.56. The molecule has 3 atom stereocenters. The standard InChI is InChI=1S/C17H31N3O2S/c1-13(4-3-7-18)16(21)19-8-10-20(11-9-19)17(22)14-5-6-15(12-14)23-2/h13-15H,3-12,18H2,1-2H3. The molecule has 5 nitrogen and oxygen atoms in total. The van der Waals surface area contributed by atoms with Crippen LogP contribution >= 0.6 is 11.8 Å². The molecule has 6 heteroatoms. The monoisotopic (exact) mass is 341 g/mol. The van der Waals surface area contributed by atoms with Crippen molar-refractivity contribution in [3.05, 3.63) is 0 Å². The molecule has 2 aliphatic rings. The number of carbonyl (C=O) groups excluding carboxylic acids is 2.